The Morgan fingerprint density at radius 1 is 0.768 bits per heavy atom. The van der Waals surface area contributed by atoms with Crippen LogP contribution >= 0.6 is 0 Å². The monoisotopic (exact) mass is 757 g/mol. The number of fused-ring (bicyclic) bond motifs is 3. The summed E-state index contributed by atoms with van der Waals surface area (Å²) >= 11 is 0. The molecule has 1 aliphatic carbocycles. The van der Waals surface area contributed by atoms with Gasteiger partial charge in [0, 0.05) is 25.4 Å². The number of carbonyl (C=O) groups excluding carboxylic acids is 4. The van der Waals surface area contributed by atoms with E-state index >= 15 is 0 Å². The van der Waals surface area contributed by atoms with Gasteiger partial charge in [0.1, 0.15) is 19.3 Å². The number of alkyl carbamates (subject to hydrolysis) is 1. The summed E-state index contributed by atoms with van der Waals surface area (Å²) in [6.07, 6.45) is 3.65. The molecule has 3 unspecified atom stereocenters. The van der Waals surface area contributed by atoms with Crippen LogP contribution in [0.25, 0.3) is 11.1 Å². The summed E-state index contributed by atoms with van der Waals surface area (Å²) in [4.78, 5) is 55.5. The first-order valence-electron chi connectivity index (χ1n) is 19.1. The number of carbonyl (C=O) groups is 4. The fraction of sp³-hybridized carbons (Fsp3) is 0.304. The molecule has 0 bridgehead atoms. The van der Waals surface area contributed by atoms with Gasteiger partial charge in [-0.2, -0.15) is 0 Å². The van der Waals surface area contributed by atoms with E-state index < -0.39 is 30.1 Å². The maximum atomic E-state index is 13.8. The molecule has 3 N–H and O–H groups in total. The second-order valence-corrected chi connectivity index (χ2v) is 13.9. The van der Waals surface area contributed by atoms with Crippen molar-refractivity contribution in [2.45, 2.75) is 56.7 Å². The second kappa shape index (κ2) is 21.2. The Morgan fingerprint density at radius 2 is 1.38 bits per heavy atom. The van der Waals surface area contributed by atoms with E-state index in [4.69, 9.17) is 9.47 Å². The molecule has 10 heteroatoms. The predicted molar refractivity (Wildman–Crippen MR) is 216 cm³/mol. The number of ether oxygens (including phenoxy) is 2. The van der Waals surface area contributed by atoms with Gasteiger partial charge >= 0.3 is 12.1 Å². The van der Waals surface area contributed by atoms with Crippen LogP contribution in [0, 0.1) is 5.92 Å². The van der Waals surface area contributed by atoms with Gasteiger partial charge < -0.3 is 30.1 Å². The zero-order chi connectivity index (χ0) is 39.7. The highest BCUT2D eigenvalue weighted by Gasteiger charge is 2.31. The molecule has 3 amide bonds. The molecule has 3 atom stereocenters. The van der Waals surface area contributed by atoms with Crippen molar-refractivity contribution in [3.63, 3.8) is 0 Å². The lowest BCUT2D eigenvalue weighted by Gasteiger charge is -2.26. The fourth-order valence-corrected chi connectivity index (χ4v) is 7.01. The summed E-state index contributed by atoms with van der Waals surface area (Å²) < 4.78 is 11.5. The van der Waals surface area contributed by atoms with Crippen molar-refractivity contribution in [3.8, 4) is 11.1 Å². The van der Waals surface area contributed by atoms with Crippen LogP contribution in [0.1, 0.15) is 53.9 Å². The minimum Gasteiger partial charge on any atom is -0.462 e. The summed E-state index contributed by atoms with van der Waals surface area (Å²) in [7, 11) is 0. The standard InChI is InChI=1S/C46H51N3O7/c1-3-5-25-42(48-46(54)56-32-41-39-23-14-12-21-37(39)38-22-13-15-24-40(38)41)45(53)55-31-36(28-33-17-8-6-9-18-33)47-44(52)35(16-4-2)29-43(51)49(26-27-50)30-34-19-10-7-11-20-34/h3-4,6-15,17-24,35-36,41-42,50H,1-2,5,16,25-32H2,(H,47,52)(H,48,54). The minimum atomic E-state index is -1.02. The highest BCUT2D eigenvalue weighted by Crippen LogP contribution is 2.44. The zero-order valence-electron chi connectivity index (χ0n) is 31.7. The van der Waals surface area contributed by atoms with Crippen molar-refractivity contribution in [2.75, 3.05) is 26.4 Å². The van der Waals surface area contributed by atoms with Crippen molar-refractivity contribution in [1.82, 2.24) is 15.5 Å². The van der Waals surface area contributed by atoms with Gasteiger partial charge in [-0.05, 0) is 59.1 Å². The molecule has 1 aliphatic rings. The van der Waals surface area contributed by atoms with Crippen molar-refractivity contribution in [3.05, 3.63) is 157 Å². The summed E-state index contributed by atoms with van der Waals surface area (Å²) in [6, 6.07) is 33.3. The van der Waals surface area contributed by atoms with Crippen LogP contribution in [-0.4, -0.2) is 72.3 Å². The number of amides is 3. The molecule has 5 rings (SSSR count). The molecule has 4 aromatic carbocycles. The molecule has 292 valence electrons. The maximum Gasteiger partial charge on any atom is 0.407 e. The molecule has 0 heterocycles. The van der Waals surface area contributed by atoms with E-state index in [9.17, 15) is 24.3 Å². The number of allylic oxidation sites excluding steroid dienone is 2. The van der Waals surface area contributed by atoms with Gasteiger partial charge in [-0.15, -0.1) is 13.2 Å². The highest BCUT2D eigenvalue weighted by molar-refractivity contribution is 5.86. The number of hydrogen-bond donors (Lipinski definition) is 3. The first kappa shape index (κ1) is 41.2. The van der Waals surface area contributed by atoms with Crippen LogP contribution < -0.4 is 10.6 Å². The first-order valence-corrected chi connectivity index (χ1v) is 19.1. The van der Waals surface area contributed by atoms with Crippen LogP contribution in [0.3, 0.4) is 0 Å². The van der Waals surface area contributed by atoms with Gasteiger partial charge in [-0.1, -0.05) is 121 Å². The topological polar surface area (TPSA) is 134 Å². The molecule has 0 fully saturated rings. The minimum absolute atomic E-state index is 0.0899. The van der Waals surface area contributed by atoms with Crippen molar-refractivity contribution in [2.24, 2.45) is 5.92 Å². The van der Waals surface area contributed by atoms with Crippen molar-refractivity contribution < 1.29 is 33.8 Å². The Kier molecular flexibility index (Phi) is 15.6. The summed E-state index contributed by atoms with van der Waals surface area (Å²) in [5, 5.41) is 15.4. The Balaban J connectivity index is 1.22. The number of rotatable bonds is 21. The van der Waals surface area contributed by atoms with Crippen LogP contribution in [0.2, 0.25) is 0 Å². The average Bonchev–Trinajstić information content (AvgIpc) is 3.54. The van der Waals surface area contributed by atoms with Gasteiger partial charge in [0.25, 0.3) is 0 Å². The van der Waals surface area contributed by atoms with Crippen LogP contribution in [0.4, 0.5) is 4.79 Å². The Bertz CT molecular complexity index is 1890. The molecule has 0 aliphatic heterocycles. The number of benzene rings is 4. The lowest BCUT2D eigenvalue weighted by atomic mass is 9.98. The van der Waals surface area contributed by atoms with E-state index in [0.717, 1.165) is 33.4 Å². The number of nitrogens with one attached hydrogen (secondary N) is 2. The average molecular weight is 758 g/mol. The van der Waals surface area contributed by atoms with E-state index in [-0.39, 0.29) is 63.4 Å². The van der Waals surface area contributed by atoms with E-state index in [1.165, 1.54) is 4.90 Å². The number of aliphatic hydroxyl groups is 1. The smallest absolute Gasteiger partial charge is 0.407 e. The highest BCUT2D eigenvalue weighted by atomic mass is 16.6. The van der Waals surface area contributed by atoms with Gasteiger partial charge in [0.05, 0.1) is 18.6 Å². The van der Waals surface area contributed by atoms with E-state index in [2.05, 4.69) is 35.9 Å². The van der Waals surface area contributed by atoms with E-state index in [1.54, 1.807) is 12.2 Å². The quantitative estimate of drug-likeness (QED) is 0.0634. The molecule has 56 heavy (non-hydrogen) atoms. The fourth-order valence-electron chi connectivity index (χ4n) is 7.01. The second-order valence-electron chi connectivity index (χ2n) is 13.9. The number of aliphatic hydroxyl groups excluding tert-OH is 1. The molecular weight excluding hydrogens is 707 g/mol. The van der Waals surface area contributed by atoms with Crippen molar-refractivity contribution >= 4 is 23.9 Å². The molecule has 4 aromatic rings. The van der Waals surface area contributed by atoms with Gasteiger partial charge in [-0.25, -0.2) is 9.59 Å². The third-order valence-electron chi connectivity index (χ3n) is 9.86. The third kappa shape index (κ3) is 11.5. The molecule has 0 radical (unpaired) electrons. The summed E-state index contributed by atoms with van der Waals surface area (Å²) in [5.41, 5.74) is 6.17. The first-order chi connectivity index (χ1) is 27.3. The lowest BCUT2D eigenvalue weighted by molar-refractivity contribution is -0.147. The predicted octanol–water partition coefficient (Wildman–Crippen LogP) is 6.73. The molecule has 0 saturated heterocycles. The lowest BCUT2D eigenvalue weighted by Crippen LogP contribution is -2.47. The van der Waals surface area contributed by atoms with Gasteiger partial charge in [0.2, 0.25) is 11.8 Å². The largest absolute Gasteiger partial charge is 0.462 e. The van der Waals surface area contributed by atoms with Gasteiger partial charge in [-0.3, -0.25) is 9.59 Å². The van der Waals surface area contributed by atoms with E-state index in [0.29, 0.717) is 19.4 Å². The molecule has 10 nitrogen and oxygen atoms in total. The number of hydrogen-bond acceptors (Lipinski definition) is 7. The van der Waals surface area contributed by atoms with Crippen molar-refractivity contribution in [1.29, 1.82) is 0 Å². The molecule has 0 saturated carbocycles. The molecule has 0 aromatic heterocycles. The Labute approximate surface area is 329 Å². The normalized spacial score (nSPS) is 13.2. The molecular formula is C46H51N3O7. The number of esters is 1. The van der Waals surface area contributed by atoms with Crippen LogP contribution in [0.15, 0.2) is 135 Å². The maximum absolute atomic E-state index is 13.8. The molecule has 0 spiro atoms. The summed E-state index contributed by atoms with van der Waals surface area (Å²) in [6.45, 7) is 7.67. The van der Waals surface area contributed by atoms with Gasteiger partial charge in [0.15, 0.2) is 0 Å². The zero-order valence-corrected chi connectivity index (χ0v) is 31.7. The Hall–Kier alpha value is -6.00. The summed E-state index contributed by atoms with van der Waals surface area (Å²) in [5.74, 6) is -2.23. The van der Waals surface area contributed by atoms with Crippen LogP contribution in [-0.2, 0) is 36.8 Å². The number of nitrogens with zero attached hydrogens (tertiary/aromatic N) is 1. The SMILES string of the molecule is C=CCCC(NC(=O)OCC1c2ccccc2-c2ccccc21)C(=O)OCC(Cc1ccccc1)NC(=O)C(CC=C)CC(=O)N(CCO)Cc1ccccc1. The Morgan fingerprint density at radius 3 is 1.98 bits per heavy atom. The third-order valence-corrected chi connectivity index (χ3v) is 9.86. The van der Waals surface area contributed by atoms with Crippen LogP contribution in [0.5, 0.6) is 0 Å². The van der Waals surface area contributed by atoms with E-state index in [1.807, 2.05) is 97.1 Å².